The standard InChI is InChI=1S/C17H25N3O4/c1-5-24-17(23)14-8-6-7-9-15(14)20(13(2)21)12-16(22)18-10-11-19(3)4/h6-9H,5,10-12H2,1-4H3,(H,18,22). The van der Waals surface area contributed by atoms with Crippen molar-refractivity contribution in [3.05, 3.63) is 29.8 Å². The molecule has 2 amide bonds. The van der Waals surface area contributed by atoms with Gasteiger partial charge in [-0.05, 0) is 33.2 Å². The molecular weight excluding hydrogens is 310 g/mol. The van der Waals surface area contributed by atoms with Gasteiger partial charge in [0.15, 0.2) is 0 Å². The maximum Gasteiger partial charge on any atom is 0.340 e. The van der Waals surface area contributed by atoms with Crippen LogP contribution in [0.3, 0.4) is 0 Å². The Morgan fingerprint density at radius 2 is 1.83 bits per heavy atom. The van der Waals surface area contributed by atoms with Crippen molar-refractivity contribution >= 4 is 23.5 Å². The normalized spacial score (nSPS) is 10.4. The molecule has 0 unspecified atom stereocenters. The van der Waals surface area contributed by atoms with Crippen LogP contribution in [0.4, 0.5) is 5.69 Å². The lowest BCUT2D eigenvalue weighted by molar-refractivity contribution is -0.123. The van der Waals surface area contributed by atoms with Crippen molar-refractivity contribution < 1.29 is 19.1 Å². The van der Waals surface area contributed by atoms with Gasteiger partial charge in [-0.15, -0.1) is 0 Å². The lowest BCUT2D eigenvalue weighted by Crippen LogP contribution is -2.42. The second-order valence-corrected chi connectivity index (χ2v) is 5.50. The van der Waals surface area contributed by atoms with Crippen molar-refractivity contribution in [2.45, 2.75) is 13.8 Å². The number of para-hydroxylation sites is 1. The highest BCUT2D eigenvalue weighted by Gasteiger charge is 2.22. The van der Waals surface area contributed by atoms with Crippen LogP contribution in [0.1, 0.15) is 24.2 Å². The van der Waals surface area contributed by atoms with Crippen molar-refractivity contribution in [2.75, 3.05) is 45.2 Å². The zero-order valence-electron chi connectivity index (χ0n) is 14.7. The van der Waals surface area contributed by atoms with Gasteiger partial charge in [-0.1, -0.05) is 12.1 Å². The molecule has 1 rings (SSSR count). The average molecular weight is 335 g/mol. The van der Waals surface area contributed by atoms with Crippen LogP contribution in [0.25, 0.3) is 0 Å². The molecule has 0 aliphatic rings. The molecule has 0 atom stereocenters. The lowest BCUT2D eigenvalue weighted by Gasteiger charge is -2.23. The smallest absolute Gasteiger partial charge is 0.340 e. The van der Waals surface area contributed by atoms with Crippen molar-refractivity contribution in [2.24, 2.45) is 0 Å². The third-order valence-electron chi connectivity index (χ3n) is 3.25. The van der Waals surface area contributed by atoms with E-state index >= 15 is 0 Å². The third kappa shape index (κ3) is 6.00. The number of carbonyl (C=O) groups excluding carboxylic acids is 3. The highest BCUT2D eigenvalue weighted by atomic mass is 16.5. The molecule has 0 saturated carbocycles. The predicted molar refractivity (Wildman–Crippen MR) is 92.0 cm³/mol. The van der Waals surface area contributed by atoms with Crippen LogP contribution in [0.2, 0.25) is 0 Å². The first-order chi connectivity index (χ1) is 11.4. The zero-order chi connectivity index (χ0) is 18.1. The molecule has 0 aromatic heterocycles. The number of carbonyl (C=O) groups is 3. The fraction of sp³-hybridized carbons (Fsp3) is 0.471. The molecule has 0 bridgehead atoms. The summed E-state index contributed by atoms with van der Waals surface area (Å²) in [4.78, 5) is 39.3. The van der Waals surface area contributed by atoms with Crippen molar-refractivity contribution in [3.8, 4) is 0 Å². The SMILES string of the molecule is CCOC(=O)c1ccccc1N(CC(=O)NCCN(C)C)C(C)=O. The Bertz CT molecular complexity index is 587. The topological polar surface area (TPSA) is 79.0 Å². The number of likely N-dealkylation sites (N-methyl/N-ethyl adjacent to an activating group) is 1. The molecule has 1 aromatic rings. The lowest BCUT2D eigenvalue weighted by atomic mass is 10.1. The molecule has 0 aliphatic heterocycles. The molecule has 0 fully saturated rings. The van der Waals surface area contributed by atoms with E-state index in [1.165, 1.54) is 11.8 Å². The summed E-state index contributed by atoms with van der Waals surface area (Å²) in [6, 6.07) is 6.59. The Balaban J connectivity index is 2.91. The van der Waals surface area contributed by atoms with E-state index in [1.54, 1.807) is 31.2 Å². The summed E-state index contributed by atoms with van der Waals surface area (Å²) < 4.78 is 5.01. The molecule has 0 spiro atoms. The number of rotatable bonds is 8. The van der Waals surface area contributed by atoms with Crippen molar-refractivity contribution in [1.29, 1.82) is 0 Å². The van der Waals surface area contributed by atoms with Gasteiger partial charge in [-0.25, -0.2) is 4.79 Å². The highest BCUT2D eigenvalue weighted by Crippen LogP contribution is 2.21. The monoisotopic (exact) mass is 335 g/mol. The molecule has 1 N–H and O–H groups in total. The van der Waals surface area contributed by atoms with Gasteiger partial charge in [0.2, 0.25) is 11.8 Å². The van der Waals surface area contributed by atoms with Crippen molar-refractivity contribution in [3.63, 3.8) is 0 Å². The van der Waals surface area contributed by atoms with E-state index in [2.05, 4.69) is 5.32 Å². The summed E-state index contributed by atoms with van der Waals surface area (Å²) in [7, 11) is 3.81. The van der Waals surface area contributed by atoms with Gasteiger partial charge >= 0.3 is 5.97 Å². The molecule has 7 nitrogen and oxygen atoms in total. The number of esters is 1. The first-order valence-electron chi connectivity index (χ1n) is 7.82. The third-order valence-corrected chi connectivity index (χ3v) is 3.25. The number of hydrogen-bond acceptors (Lipinski definition) is 5. The first-order valence-corrected chi connectivity index (χ1v) is 7.82. The van der Waals surface area contributed by atoms with E-state index in [9.17, 15) is 14.4 Å². The zero-order valence-corrected chi connectivity index (χ0v) is 14.7. The second-order valence-electron chi connectivity index (χ2n) is 5.50. The van der Waals surface area contributed by atoms with Gasteiger partial charge in [0.1, 0.15) is 6.54 Å². The van der Waals surface area contributed by atoms with E-state index in [1.807, 2.05) is 19.0 Å². The van der Waals surface area contributed by atoms with E-state index in [-0.39, 0.29) is 30.5 Å². The van der Waals surface area contributed by atoms with Crippen LogP contribution in [0, 0.1) is 0 Å². The van der Waals surface area contributed by atoms with Crippen molar-refractivity contribution in [1.82, 2.24) is 10.2 Å². The van der Waals surface area contributed by atoms with E-state index in [0.717, 1.165) is 0 Å². The average Bonchev–Trinajstić information content (AvgIpc) is 2.52. The molecule has 0 radical (unpaired) electrons. The minimum atomic E-state index is -0.521. The van der Waals surface area contributed by atoms with Crippen LogP contribution in [0.5, 0.6) is 0 Å². The number of amides is 2. The largest absolute Gasteiger partial charge is 0.462 e. The van der Waals surface area contributed by atoms with Gasteiger partial charge in [0.05, 0.1) is 17.9 Å². The van der Waals surface area contributed by atoms with Gasteiger partial charge in [-0.2, -0.15) is 0 Å². The molecule has 1 aromatic carbocycles. The highest BCUT2D eigenvalue weighted by molar-refractivity contribution is 6.04. The Morgan fingerprint density at radius 3 is 2.42 bits per heavy atom. The minimum Gasteiger partial charge on any atom is -0.462 e. The molecule has 132 valence electrons. The number of benzene rings is 1. The molecular formula is C17H25N3O4. The number of hydrogen-bond donors (Lipinski definition) is 1. The van der Waals surface area contributed by atoms with E-state index in [0.29, 0.717) is 18.8 Å². The van der Waals surface area contributed by atoms with Gasteiger partial charge < -0.3 is 19.9 Å². The summed E-state index contributed by atoms with van der Waals surface area (Å²) in [6.45, 7) is 4.33. The predicted octanol–water partition coefficient (Wildman–Crippen LogP) is 0.894. The van der Waals surface area contributed by atoms with Crippen LogP contribution in [-0.4, -0.2) is 63.0 Å². The van der Waals surface area contributed by atoms with Crippen LogP contribution in [-0.2, 0) is 14.3 Å². The molecule has 0 heterocycles. The number of nitrogens with one attached hydrogen (secondary N) is 1. The number of ether oxygens (including phenoxy) is 1. The fourth-order valence-corrected chi connectivity index (χ4v) is 2.08. The summed E-state index contributed by atoms with van der Waals surface area (Å²) in [6.07, 6.45) is 0. The second kappa shape index (κ2) is 9.67. The van der Waals surface area contributed by atoms with Crippen LogP contribution < -0.4 is 10.2 Å². The maximum absolute atomic E-state index is 12.1. The summed E-state index contributed by atoms with van der Waals surface area (Å²) in [5.74, 6) is -1.13. The summed E-state index contributed by atoms with van der Waals surface area (Å²) >= 11 is 0. The summed E-state index contributed by atoms with van der Waals surface area (Å²) in [5, 5.41) is 2.75. The Hall–Kier alpha value is -2.41. The number of nitrogens with zero attached hydrogens (tertiary/aromatic N) is 2. The molecule has 24 heavy (non-hydrogen) atoms. The van der Waals surface area contributed by atoms with E-state index < -0.39 is 5.97 Å². The molecule has 7 heteroatoms. The van der Waals surface area contributed by atoms with Gasteiger partial charge in [0, 0.05) is 20.0 Å². The minimum absolute atomic E-state index is 0.154. The fourth-order valence-electron chi connectivity index (χ4n) is 2.08. The molecule has 0 saturated heterocycles. The Kier molecular flexibility index (Phi) is 7.91. The van der Waals surface area contributed by atoms with Gasteiger partial charge in [-0.3, -0.25) is 9.59 Å². The van der Waals surface area contributed by atoms with Crippen LogP contribution >= 0.6 is 0 Å². The Labute approximate surface area is 142 Å². The molecule has 0 aliphatic carbocycles. The van der Waals surface area contributed by atoms with E-state index in [4.69, 9.17) is 4.74 Å². The quantitative estimate of drug-likeness (QED) is 0.714. The Morgan fingerprint density at radius 1 is 1.17 bits per heavy atom. The van der Waals surface area contributed by atoms with Crippen LogP contribution in [0.15, 0.2) is 24.3 Å². The summed E-state index contributed by atoms with van der Waals surface area (Å²) in [5.41, 5.74) is 0.627. The number of anilines is 1. The maximum atomic E-state index is 12.1. The first kappa shape index (κ1) is 19.6. The van der Waals surface area contributed by atoms with Gasteiger partial charge in [0.25, 0.3) is 0 Å².